The van der Waals surface area contributed by atoms with E-state index in [0.29, 0.717) is 25.7 Å². The van der Waals surface area contributed by atoms with Crippen molar-refractivity contribution in [3.63, 3.8) is 0 Å². The van der Waals surface area contributed by atoms with E-state index in [1.807, 2.05) is 38.1 Å². The maximum atomic E-state index is 5.72. The van der Waals surface area contributed by atoms with Crippen molar-refractivity contribution < 1.29 is 9.47 Å². The first-order valence-corrected chi connectivity index (χ1v) is 6.40. The summed E-state index contributed by atoms with van der Waals surface area (Å²) in [5.41, 5.74) is 6.81. The van der Waals surface area contributed by atoms with Crippen molar-refractivity contribution in [1.29, 1.82) is 0 Å². The highest BCUT2D eigenvalue weighted by atomic mass is 16.5. The van der Waals surface area contributed by atoms with Crippen LogP contribution in [-0.2, 0) is 11.3 Å². The fourth-order valence-corrected chi connectivity index (χ4v) is 1.46. The number of ether oxygens (including phenoxy) is 2. The minimum atomic E-state index is 0.185. The standard InChI is InChI=1S/C14H23N3O2/c1-11(2)19-13-6-4-12(5-7-13)10-17-14(15)16-8-9-18-3/h4-7,11H,8-10H2,1-3H3,(H3,15,16,17). The highest BCUT2D eigenvalue weighted by molar-refractivity contribution is 5.77. The molecule has 0 radical (unpaired) electrons. The topological polar surface area (TPSA) is 68.9 Å². The Morgan fingerprint density at radius 1 is 1.32 bits per heavy atom. The highest BCUT2D eigenvalue weighted by Crippen LogP contribution is 2.14. The second-order valence-corrected chi connectivity index (χ2v) is 4.43. The van der Waals surface area contributed by atoms with Gasteiger partial charge in [0.25, 0.3) is 0 Å². The van der Waals surface area contributed by atoms with Crippen LogP contribution < -0.4 is 15.8 Å². The normalized spacial score (nSPS) is 11.7. The van der Waals surface area contributed by atoms with E-state index in [0.717, 1.165) is 11.3 Å². The maximum absolute atomic E-state index is 5.72. The third-order valence-electron chi connectivity index (χ3n) is 2.34. The van der Waals surface area contributed by atoms with Crippen LogP contribution in [0.4, 0.5) is 0 Å². The van der Waals surface area contributed by atoms with Crippen LogP contribution >= 0.6 is 0 Å². The van der Waals surface area contributed by atoms with Crippen LogP contribution in [0, 0.1) is 0 Å². The number of nitrogens with two attached hydrogens (primary N) is 1. The van der Waals surface area contributed by atoms with Gasteiger partial charge in [-0.2, -0.15) is 0 Å². The molecular weight excluding hydrogens is 242 g/mol. The summed E-state index contributed by atoms with van der Waals surface area (Å²) in [6, 6.07) is 7.87. The summed E-state index contributed by atoms with van der Waals surface area (Å²) in [6.45, 7) is 5.83. The van der Waals surface area contributed by atoms with E-state index in [-0.39, 0.29) is 6.10 Å². The molecule has 0 spiro atoms. The average Bonchev–Trinajstić information content (AvgIpc) is 2.37. The number of nitrogens with one attached hydrogen (secondary N) is 1. The van der Waals surface area contributed by atoms with Crippen molar-refractivity contribution in [2.75, 3.05) is 20.3 Å². The minimum absolute atomic E-state index is 0.185. The molecule has 1 aromatic rings. The molecule has 1 rings (SSSR count). The van der Waals surface area contributed by atoms with Crippen LogP contribution in [0.5, 0.6) is 5.75 Å². The highest BCUT2D eigenvalue weighted by Gasteiger charge is 1.98. The van der Waals surface area contributed by atoms with Crippen molar-refractivity contribution >= 4 is 5.96 Å². The lowest BCUT2D eigenvalue weighted by molar-refractivity contribution is 0.204. The van der Waals surface area contributed by atoms with E-state index >= 15 is 0 Å². The Labute approximate surface area is 114 Å². The summed E-state index contributed by atoms with van der Waals surface area (Å²) < 4.78 is 10.5. The SMILES string of the molecule is COCCNC(N)=NCc1ccc(OC(C)C)cc1. The van der Waals surface area contributed by atoms with E-state index in [1.165, 1.54) is 0 Å². The predicted molar refractivity (Wildman–Crippen MR) is 77.4 cm³/mol. The zero-order valence-electron chi connectivity index (χ0n) is 11.8. The molecule has 3 N–H and O–H groups in total. The van der Waals surface area contributed by atoms with Crippen LogP contribution in [0.25, 0.3) is 0 Å². The van der Waals surface area contributed by atoms with Crippen molar-refractivity contribution in [3.8, 4) is 5.75 Å². The van der Waals surface area contributed by atoms with Crippen LogP contribution in [0.2, 0.25) is 0 Å². The zero-order chi connectivity index (χ0) is 14.1. The Morgan fingerprint density at radius 3 is 2.58 bits per heavy atom. The Hall–Kier alpha value is -1.75. The largest absolute Gasteiger partial charge is 0.491 e. The molecule has 0 aliphatic rings. The fourth-order valence-electron chi connectivity index (χ4n) is 1.46. The number of methoxy groups -OCH3 is 1. The molecule has 106 valence electrons. The second kappa shape index (κ2) is 8.37. The van der Waals surface area contributed by atoms with Gasteiger partial charge in [0, 0.05) is 13.7 Å². The van der Waals surface area contributed by atoms with Crippen molar-refractivity contribution in [2.24, 2.45) is 10.7 Å². The van der Waals surface area contributed by atoms with Gasteiger partial charge in [0.05, 0.1) is 19.3 Å². The Balaban J connectivity index is 2.42. The third kappa shape index (κ3) is 6.67. The molecule has 19 heavy (non-hydrogen) atoms. The summed E-state index contributed by atoms with van der Waals surface area (Å²) in [4.78, 5) is 4.24. The molecule has 0 bridgehead atoms. The van der Waals surface area contributed by atoms with Crippen molar-refractivity contribution in [1.82, 2.24) is 5.32 Å². The first kappa shape index (κ1) is 15.3. The second-order valence-electron chi connectivity index (χ2n) is 4.43. The smallest absolute Gasteiger partial charge is 0.188 e. The summed E-state index contributed by atoms with van der Waals surface area (Å²) in [5.74, 6) is 1.30. The van der Waals surface area contributed by atoms with Crippen LogP contribution in [0.15, 0.2) is 29.3 Å². The van der Waals surface area contributed by atoms with E-state index in [4.69, 9.17) is 15.2 Å². The molecule has 5 heteroatoms. The average molecular weight is 265 g/mol. The van der Waals surface area contributed by atoms with E-state index in [2.05, 4.69) is 10.3 Å². The van der Waals surface area contributed by atoms with E-state index < -0.39 is 0 Å². The molecule has 0 aromatic heterocycles. The molecule has 1 aromatic carbocycles. The number of rotatable bonds is 7. The number of aliphatic imine (C=N–C) groups is 1. The number of nitrogens with zero attached hydrogens (tertiary/aromatic N) is 1. The van der Waals surface area contributed by atoms with Gasteiger partial charge in [-0.1, -0.05) is 12.1 Å². The predicted octanol–water partition coefficient (Wildman–Crippen LogP) is 1.52. The van der Waals surface area contributed by atoms with E-state index in [1.54, 1.807) is 7.11 Å². The van der Waals surface area contributed by atoms with Gasteiger partial charge in [0.15, 0.2) is 5.96 Å². The van der Waals surface area contributed by atoms with E-state index in [9.17, 15) is 0 Å². The Bertz CT molecular complexity index is 388. The first-order valence-electron chi connectivity index (χ1n) is 6.40. The van der Waals surface area contributed by atoms with Crippen LogP contribution in [0.1, 0.15) is 19.4 Å². The van der Waals surface area contributed by atoms with Crippen molar-refractivity contribution in [2.45, 2.75) is 26.5 Å². The number of guanidine groups is 1. The Morgan fingerprint density at radius 2 is 2.00 bits per heavy atom. The third-order valence-corrected chi connectivity index (χ3v) is 2.34. The molecule has 0 heterocycles. The summed E-state index contributed by atoms with van der Waals surface area (Å²) in [7, 11) is 1.65. The minimum Gasteiger partial charge on any atom is -0.491 e. The molecule has 0 amide bonds. The van der Waals surface area contributed by atoms with Gasteiger partial charge in [0.2, 0.25) is 0 Å². The molecule has 0 atom stereocenters. The lowest BCUT2D eigenvalue weighted by Gasteiger charge is -2.09. The molecule has 0 fully saturated rings. The first-order chi connectivity index (χ1) is 9.11. The van der Waals surface area contributed by atoms with Gasteiger partial charge in [-0.05, 0) is 31.5 Å². The molecular formula is C14H23N3O2. The molecule has 0 aliphatic heterocycles. The fraction of sp³-hybridized carbons (Fsp3) is 0.500. The van der Waals surface area contributed by atoms with Gasteiger partial charge >= 0.3 is 0 Å². The quantitative estimate of drug-likeness (QED) is 0.445. The number of hydrogen-bond acceptors (Lipinski definition) is 3. The molecule has 0 unspecified atom stereocenters. The maximum Gasteiger partial charge on any atom is 0.188 e. The van der Waals surface area contributed by atoms with Gasteiger partial charge in [-0.3, -0.25) is 0 Å². The van der Waals surface area contributed by atoms with Gasteiger partial charge in [-0.15, -0.1) is 0 Å². The number of benzene rings is 1. The summed E-state index contributed by atoms with van der Waals surface area (Å²) in [6.07, 6.45) is 0.185. The summed E-state index contributed by atoms with van der Waals surface area (Å²) >= 11 is 0. The van der Waals surface area contributed by atoms with Gasteiger partial charge in [-0.25, -0.2) is 4.99 Å². The lowest BCUT2D eigenvalue weighted by atomic mass is 10.2. The van der Waals surface area contributed by atoms with Gasteiger partial charge < -0.3 is 20.5 Å². The molecule has 0 saturated heterocycles. The van der Waals surface area contributed by atoms with Crippen LogP contribution in [-0.4, -0.2) is 32.3 Å². The lowest BCUT2D eigenvalue weighted by Crippen LogP contribution is -2.34. The van der Waals surface area contributed by atoms with Gasteiger partial charge in [0.1, 0.15) is 5.75 Å². The van der Waals surface area contributed by atoms with Crippen molar-refractivity contribution in [3.05, 3.63) is 29.8 Å². The molecule has 0 saturated carbocycles. The molecule has 5 nitrogen and oxygen atoms in total. The zero-order valence-corrected chi connectivity index (χ0v) is 11.8. The van der Waals surface area contributed by atoms with Crippen LogP contribution in [0.3, 0.4) is 0 Å². The molecule has 0 aliphatic carbocycles. The Kier molecular flexibility index (Phi) is 6.74. The summed E-state index contributed by atoms with van der Waals surface area (Å²) in [5, 5.41) is 2.97. The monoisotopic (exact) mass is 265 g/mol. The number of hydrogen-bond donors (Lipinski definition) is 2.